The number of rotatable bonds is 3. The smallest absolute Gasteiger partial charge is 0.0540 e. The summed E-state index contributed by atoms with van der Waals surface area (Å²) in [5, 5.41) is 8.86. The summed E-state index contributed by atoms with van der Waals surface area (Å²) >= 11 is 0. The van der Waals surface area contributed by atoms with Gasteiger partial charge in [0.1, 0.15) is 0 Å². The number of allylic oxidation sites excluding steroid dienone is 5. The molecule has 60 heavy (non-hydrogen) atoms. The summed E-state index contributed by atoms with van der Waals surface area (Å²) in [6, 6.07) is 53.2. The average molecular weight is 772 g/mol. The summed E-state index contributed by atoms with van der Waals surface area (Å²) in [5.74, 6) is 0. The van der Waals surface area contributed by atoms with Gasteiger partial charge >= 0.3 is 0 Å². The van der Waals surface area contributed by atoms with E-state index < -0.39 is 0 Å². The molecule has 1 heterocycles. The van der Waals surface area contributed by atoms with Crippen molar-refractivity contribution in [3.8, 4) is 39.1 Å². The molecular weight excluding hydrogens is 723 g/mol. The molecule has 11 rings (SSSR count). The lowest BCUT2D eigenvalue weighted by atomic mass is 9.74. The van der Waals surface area contributed by atoms with Crippen molar-refractivity contribution in [1.29, 1.82) is 0 Å². The molecule has 2 aliphatic carbocycles. The van der Waals surface area contributed by atoms with Gasteiger partial charge in [-0.1, -0.05) is 162 Å². The normalized spacial score (nSPS) is 16.3. The second-order valence-corrected chi connectivity index (χ2v) is 18.2. The van der Waals surface area contributed by atoms with E-state index in [1.54, 1.807) is 0 Å². The second-order valence-electron chi connectivity index (χ2n) is 18.2. The number of fused-ring (bicyclic) bond motifs is 8. The van der Waals surface area contributed by atoms with Crippen molar-refractivity contribution in [3.05, 3.63) is 209 Å². The Kier molecular flexibility index (Phi) is 7.98. The topological polar surface area (TPSA) is 4.93 Å². The van der Waals surface area contributed by atoms with Gasteiger partial charge in [0.25, 0.3) is 0 Å². The molecule has 1 heteroatoms. The Balaban J connectivity index is 1.26. The van der Waals surface area contributed by atoms with Crippen LogP contribution in [0.25, 0.3) is 82.3 Å². The summed E-state index contributed by atoms with van der Waals surface area (Å²) in [5.41, 5.74) is 19.0. The molecule has 0 N–H and O–H groups in total. The highest BCUT2D eigenvalue weighted by Gasteiger charge is 2.36. The zero-order chi connectivity index (χ0) is 41.1. The van der Waals surface area contributed by atoms with Gasteiger partial charge in [-0.25, -0.2) is 0 Å². The first-order valence-corrected chi connectivity index (χ1v) is 21.4. The van der Waals surface area contributed by atoms with E-state index in [0.29, 0.717) is 0 Å². The summed E-state index contributed by atoms with van der Waals surface area (Å²) in [6.07, 6.45) is 9.62. The molecule has 0 fully saturated rings. The van der Waals surface area contributed by atoms with Gasteiger partial charge < -0.3 is 4.57 Å². The van der Waals surface area contributed by atoms with E-state index in [1.165, 1.54) is 116 Å². The highest BCUT2D eigenvalue weighted by atomic mass is 15.0. The average Bonchev–Trinajstić information content (AvgIpc) is 3.66. The van der Waals surface area contributed by atoms with Crippen LogP contribution in [0.1, 0.15) is 61.2 Å². The highest BCUT2D eigenvalue weighted by Crippen LogP contribution is 2.52. The van der Waals surface area contributed by atoms with E-state index >= 15 is 0 Å². The molecule has 1 aromatic heterocycles. The van der Waals surface area contributed by atoms with Crippen molar-refractivity contribution in [1.82, 2.24) is 4.57 Å². The molecule has 290 valence electrons. The Morgan fingerprint density at radius 3 is 1.95 bits per heavy atom. The summed E-state index contributed by atoms with van der Waals surface area (Å²) in [6.45, 7) is 18.6. The van der Waals surface area contributed by atoms with Gasteiger partial charge in [-0.15, -0.1) is 0 Å². The minimum atomic E-state index is -0.250. The van der Waals surface area contributed by atoms with Crippen molar-refractivity contribution in [2.75, 3.05) is 0 Å². The van der Waals surface area contributed by atoms with E-state index in [9.17, 15) is 0 Å². The van der Waals surface area contributed by atoms with E-state index in [4.69, 9.17) is 0 Å². The van der Waals surface area contributed by atoms with Gasteiger partial charge in [-0.2, -0.15) is 0 Å². The Hall–Kier alpha value is -6.70. The third kappa shape index (κ3) is 5.25. The van der Waals surface area contributed by atoms with Crippen molar-refractivity contribution in [2.24, 2.45) is 0 Å². The molecule has 0 bridgehead atoms. The summed E-state index contributed by atoms with van der Waals surface area (Å²) in [4.78, 5) is 0. The van der Waals surface area contributed by atoms with Crippen LogP contribution in [-0.4, -0.2) is 4.57 Å². The SMILES string of the molecule is C=C1/C=C\C=C/Cc2ccc(-c3c4ccccc4c(-c4ccc5c(c4)C(C)(C)c4ccccc4-5)c4cc5c(C)c(C)n(-c6ccc7ccccc7c6)c5cc34)cc2C1(C)C. The van der Waals surface area contributed by atoms with Crippen LogP contribution in [0.5, 0.6) is 0 Å². The Bertz CT molecular complexity index is 3370. The lowest BCUT2D eigenvalue weighted by Crippen LogP contribution is -2.20. The molecular formula is C59H49N. The lowest BCUT2D eigenvalue weighted by Gasteiger charge is -2.29. The van der Waals surface area contributed by atoms with Crippen LogP contribution >= 0.6 is 0 Å². The van der Waals surface area contributed by atoms with Gasteiger partial charge in [-0.3, -0.25) is 0 Å². The molecule has 8 aromatic carbocycles. The predicted molar refractivity (Wildman–Crippen MR) is 258 cm³/mol. The van der Waals surface area contributed by atoms with Crippen molar-refractivity contribution >= 4 is 43.2 Å². The Morgan fingerprint density at radius 2 is 1.17 bits per heavy atom. The third-order valence-corrected chi connectivity index (χ3v) is 14.3. The molecule has 1 nitrogen and oxygen atoms in total. The first kappa shape index (κ1) is 36.4. The highest BCUT2D eigenvalue weighted by molar-refractivity contribution is 6.24. The van der Waals surface area contributed by atoms with Crippen LogP contribution in [-0.2, 0) is 17.3 Å². The summed E-state index contributed by atoms with van der Waals surface area (Å²) < 4.78 is 2.49. The molecule has 0 aliphatic heterocycles. The largest absolute Gasteiger partial charge is 0.314 e. The van der Waals surface area contributed by atoms with Crippen LogP contribution in [0.15, 0.2) is 176 Å². The van der Waals surface area contributed by atoms with Gasteiger partial charge in [0.15, 0.2) is 0 Å². The standard InChI is InChI=1S/C59H49N/c1-36-17-9-8-10-19-40-25-26-42(32-53(40)58(36,4)5)57-48-23-14-13-22-47(48)56(43-28-30-46-45-21-15-16-24-52(45)59(6,7)54(46)33-43)50-34-49-37(2)38(3)60(55(49)35-51(50)57)44-29-27-39-18-11-12-20-41(39)31-44/h8-18,20-35H,1,19H2,2-7H3/b10-8-,17-9-. The minimum absolute atomic E-state index is 0.105. The minimum Gasteiger partial charge on any atom is -0.314 e. The molecule has 0 saturated heterocycles. The lowest BCUT2D eigenvalue weighted by molar-refractivity contribution is 0.635. The number of hydrogen-bond acceptors (Lipinski definition) is 0. The molecule has 0 saturated carbocycles. The molecule has 0 amide bonds. The maximum atomic E-state index is 4.58. The van der Waals surface area contributed by atoms with E-state index in [2.05, 4.69) is 217 Å². The van der Waals surface area contributed by atoms with Crippen molar-refractivity contribution in [3.63, 3.8) is 0 Å². The van der Waals surface area contributed by atoms with Crippen molar-refractivity contribution < 1.29 is 0 Å². The molecule has 9 aromatic rings. The number of hydrogen-bond donors (Lipinski definition) is 0. The number of benzene rings is 8. The fraction of sp³-hybridized carbons (Fsp3) is 0.153. The third-order valence-electron chi connectivity index (χ3n) is 14.3. The molecule has 0 atom stereocenters. The van der Waals surface area contributed by atoms with Gasteiger partial charge in [0.05, 0.1) is 5.52 Å². The van der Waals surface area contributed by atoms with E-state index in [0.717, 1.165) is 12.0 Å². The van der Waals surface area contributed by atoms with E-state index in [-0.39, 0.29) is 10.8 Å². The Morgan fingerprint density at radius 1 is 0.517 bits per heavy atom. The Labute approximate surface area is 353 Å². The van der Waals surface area contributed by atoms with Crippen LogP contribution < -0.4 is 0 Å². The maximum absolute atomic E-state index is 4.58. The first-order valence-electron chi connectivity index (χ1n) is 21.4. The maximum Gasteiger partial charge on any atom is 0.0540 e. The second kappa shape index (κ2) is 13.2. The van der Waals surface area contributed by atoms with Crippen LogP contribution in [0.4, 0.5) is 0 Å². The monoisotopic (exact) mass is 771 g/mol. The fourth-order valence-electron chi connectivity index (χ4n) is 10.7. The van der Waals surface area contributed by atoms with Crippen LogP contribution in [0.3, 0.4) is 0 Å². The van der Waals surface area contributed by atoms with Gasteiger partial charge in [-0.05, 0) is 156 Å². The zero-order valence-corrected chi connectivity index (χ0v) is 35.4. The number of aromatic nitrogens is 1. The fourth-order valence-corrected chi connectivity index (χ4v) is 10.7. The predicted octanol–water partition coefficient (Wildman–Crippen LogP) is 15.8. The van der Waals surface area contributed by atoms with E-state index in [1.807, 2.05) is 0 Å². The molecule has 2 aliphatic rings. The quantitative estimate of drug-likeness (QED) is 0.158. The first-order chi connectivity index (χ1) is 29.0. The molecule has 0 radical (unpaired) electrons. The van der Waals surface area contributed by atoms with Gasteiger partial charge in [0.2, 0.25) is 0 Å². The van der Waals surface area contributed by atoms with Crippen molar-refractivity contribution in [2.45, 2.75) is 58.8 Å². The molecule has 0 unspecified atom stereocenters. The molecule has 0 spiro atoms. The van der Waals surface area contributed by atoms with Gasteiger partial charge in [0, 0.05) is 27.6 Å². The van der Waals surface area contributed by atoms with Crippen LogP contribution in [0.2, 0.25) is 0 Å². The van der Waals surface area contributed by atoms with Crippen LogP contribution in [0, 0.1) is 13.8 Å². The number of aryl methyl sites for hydroxylation is 1. The number of nitrogens with zero attached hydrogens (tertiary/aromatic N) is 1. The zero-order valence-electron chi connectivity index (χ0n) is 35.4. The summed E-state index contributed by atoms with van der Waals surface area (Å²) in [7, 11) is 0.